The van der Waals surface area contributed by atoms with Gasteiger partial charge in [-0.15, -0.1) is 0 Å². The number of carbonyl (C=O) groups excluding carboxylic acids is 1. The number of hydrogen-bond donors (Lipinski definition) is 0. The van der Waals surface area contributed by atoms with E-state index in [1.54, 1.807) is 6.07 Å². The van der Waals surface area contributed by atoms with Crippen molar-refractivity contribution >= 4 is 5.91 Å². The van der Waals surface area contributed by atoms with Crippen LogP contribution in [-0.2, 0) is 10.2 Å². The number of likely N-dealkylation sites (tertiary alicyclic amines) is 1. The van der Waals surface area contributed by atoms with Gasteiger partial charge >= 0.3 is 0 Å². The third-order valence-electron chi connectivity index (χ3n) is 4.88. The predicted molar refractivity (Wildman–Crippen MR) is 88.7 cm³/mol. The van der Waals surface area contributed by atoms with Crippen molar-refractivity contribution < 1.29 is 9.18 Å². The molecule has 1 saturated heterocycles. The van der Waals surface area contributed by atoms with E-state index in [4.69, 9.17) is 0 Å². The van der Waals surface area contributed by atoms with Gasteiger partial charge in [-0.1, -0.05) is 12.1 Å². The summed E-state index contributed by atoms with van der Waals surface area (Å²) in [4.78, 5) is 14.8. The quantitative estimate of drug-likeness (QED) is 0.846. The minimum Gasteiger partial charge on any atom is -0.351 e. The molecule has 0 saturated carbocycles. The molecule has 0 unspecified atom stereocenters. The molecule has 1 aliphatic rings. The SMILES string of the molecule is CC(C)(C(=O)N1CCC(n2cccc2)CC1)c1cccc(F)c1. The van der Waals surface area contributed by atoms with Gasteiger partial charge < -0.3 is 9.47 Å². The molecular weight excluding hydrogens is 291 g/mol. The summed E-state index contributed by atoms with van der Waals surface area (Å²) in [6, 6.07) is 10.9. The number of amides is 1. The topological polar surface area (TPSA) is 25.2 Å². The standard InChI is InChI=1S/C19H23FN2O/c1-19(2,15-6-5-7-16(20)14-15)18(23)22-12-8-17(9-13-22)21-10-3-4-11-21/h3-7,10-11,14,17H,8-9,12-13H2,1-2H3. The first-order valence-corrected chi connectivity index (χ1v) is 8.16. The van der Waals surface area contributed by atoms with E-state index in [-0.39, 0.29) is 11.7 Å². The van der Waals surface area contributed by atoms with Gasteiger partial charge in [-0.2, -0.15) is 0 Å². The number of carbonyl (C=O) groups is 1. The maximum atomic E-state index is 13.5. The second kappa shape index (κ2) is 6.19. The molecule has 0 radical (unpaired) electrons. The van der Waals surface area contributed by atoms with Crippen LogP contribution in [0.3, 0.4) is 0 Å². The lowest BCUT2D eigenvalue weighted by atomic mass is 9.82. The molecule has 2 aromatic rings. The van der Waals surface area contributed by atoms with Crippen LogP contribution < -0.4 is 0 Å². The molecule has 1 amide bonds. The lowest BCUT2D eigenvalue weighted by Crippen LogP contribution is -2.47. The lowest BCUT2D eigenvalue weighted by Gasteiger charge is -2.37. The van der Waals surface area contributed by atoms with Crippen LogP contribution in [0, 0.1) is 5.82 Å². The Morgan fingerprint density at radius 2 is 1.78 bits per heavy atom. The smallest absolute Gasteiger partial charge is 0.232 e. The van der Waals surface area contributed by atoms with E-state index < -0.39 is 5.41 Å². The second-order valence-electron chi connectivity index (χ2n) is 6.79. The minimum absolute atomic E-state index is 0.0778. The Bertz CT molecular complexity index is 670. The van der Waals surface area contributed by atoms with E-state index in [0.29, 0.717) is 6.04 Å². The Morgan fingerprint density at radius 3 is 2.39 bits per heavy atom. The average molecular weight is 314 g/mol. The van der Waals surface area contributed by atoms with Crippen molar-refractivity contribution in [3.8, 4) is 0 Å². The van der Waals surface area contributed by atoms with Crippen molar-refractivity contribution in [3.63, 3.8) is 0 Å². The van der Waals surface area contributed by atoms with E-state index in [1.807, 2.05) is 36.9 Å². The third-order valence-corrected chi connectivity index (χ3v) is 4.88. The molecule has 2 heterocycles. The fraction of sp³-hybridized carbons (Fsp3) is 0.421. The van der Waals surface area contributed by atoms with Gasteiger partial charge in [-0.3, -0.25) is 4.79 Å². The summed E-state index contributed by atoms with van der Waals surface area (Å²) < 4.78 is 15.7. The number of piperidine rings is 1. The number of nitrogens with zero attached hydrogens (tertiary/aromatic N) is 2. The zero-order valence-corrected chi connectivity index (χ0v) is 13.7. The molecule has 122 valence electrons. The molecule has 0 bridgehead atoms. The number of aromatic nitrogens is 1. The summed E-state index contributed by atoms with van der Waals surface area (Å²) in [6.45, 7) is 5.26. The van der Waals surface area contributed by atoms with Crippen LogP contribution in [0.1, 0.15) is 38.3 Å². The van der Waals surface area contributed by atoms with Crippen LogP contribution >= 0.6 is 0 Å². The molecule has 1 aliphatic heterocycles. The Hall–Kier alpha value is -2.10. The van der Waals surface area contributed by atoms with Crippen molar-refractivity contribution in [2.24, 2.45) is 0 Å². The van der Waals surface area contributed by atoms with Crippen molar-refractivity contribution in [2.45, 2.75) is 38.1 Å². The van der Waals surface area contributed by atoms with Gasteiger partial charge in [0.25, 0.3) is 0 Å². The summed E-state index contributed by atoms with van der Waals surface area (Å²) in [5.41, 5.74) is 0.0255. The summed E-state index contributed by atoms with van der Waals surface area (Å²) in [7, 11) is 0. The maximum absolute atomic E-state index is 13.5. The fourth-order valence-electron chi connectivity index (χ4n) is 3.35. The number of hydrogen-bond acceptors (Lipinski definition) is 1. The highest BCUT2D eigenvalue weighted by molar-refractivity contribution is 5.87. The zero-order chi connectivity index (χ0) is 16.4. The molecule has 0 N–H and O–H groups in total. The molecule has 1 aromatic carbocycles. The normalized spacial score (nSPS) is 16.6. The van der Waals surface area contributed by atoms with E-state index >= 15 is 0 Å². The molecule has 1 fully saturated rings. The van der Waals surface area contributed by atoms with Crippen LogP contribution in [0.4, 0.5) is 4.39 Å². The van der Waals surface area contributed by atoms with Crippen molar-refractivity contribution in [2.75, 3.05) is 13.1 Å². The van der Waals surface area contributed by atoms with Crippen LogP contribution in [0.5, 0.6) is 0 Å². The van der Waals surface area contributed by atoms with E-state index in [1.165, 1.54) is 12.1 Å². The maximum Gasteiger partial charge on any atom is 0.232 e. The first kappa shape index (κ1) is 15.8. The Kier molecular flexibility index (Phi) is 4.24. The second-order valence-corrected chi connectivity index (χ2v) is 6.79. The highest BCUT2D eigenvalue weighted by Gasteiger charge is 2.35. The summed E-state index contributed by atoms with van der Waals surface area (Å²) in [5.74, 6) is -0.219. The van der Waals surface area contributed by atoms with Crippen LogP contribution in [-0.4, -0.2) is 28.5 Å². The summed E-state index contributed by atoms with van der Waals surface area (Å²) in [5, 5.41) is 0. The van der Waals surface area contributed by atoms with Gasteiger partial charge in [-0.25, -0.2) is 4.39 Å². The van der Waals surface area contributed by atoms with Crippen LogP contribution in [0.2, 0.25) is 0 Å². The summed E-state index contributed by atoms with van der Waals surface area (Å²) in [6.07, 6.45) is 6.08. The first-order valence-electron chi connectivity index (χ1n) is 8.16. The predicted octanol–water partition coefficient (Wildman–Crippen LogP) is 3.77. The molecule has 0 atom stereocenters. The number of rotatable bonds is 3. The van der Waals surface area contributed by atoms with Gasteiger partial charge in [0.1, 0.15) is 5.82 Å². The van der Waals surface area contributed by atoms with Gasteiger partial charge in [0.2, 0.25) is 5.91 Å². The van der Waals surface area contributed by atoms with Crippen molar-refractivity contribution in [1.82, 2.24) is 9.47 Å². The highest BCUT2D eigenvalue weighted by Crippen LogP contribution is 2.30. The Morgan fingerprint density at radius 1 is 1.13 bits per heavy atom. The van der Waals surface area contributed by atoms with Gasteiger partial charge in [0, 0.05) is 31.5 Å². The fourth-order valence-corrected chi connectivity index (χ4v) is 3.35. The summed E-state index contributed by atoms with van der Waals surface area (Å²) >= 11 is 0. The molecule has 0 aliphatic carbocycles. The van der Waals surface area contributed by atoms with Gasteiger partial charge in [0.05, 0.1) is 5.41 Å². The molecule has 1 aromatic heterocycles. The highest BCUT2D eigenvalue weighted by atomic mass is 19.1. The minimum atomic E-state index is -0.706. The van der Waals surface area contributed by atoms with Crippen LogP contribution in [0.15, 0.2) is 48.8 Å². The number of halogens is 1. The van der Waals surface area contributed by atoms with E-state index in [9.17, 15) is 9.18 Å². The number of benzene rings is 1. The molecule has 4 heteroatoms. The van der Waals surface area contributed by atoms with Crippen LogP contribution in [0.25, 0.3) is 0 Å². The molecule has 3 rings (SSSR count). The monoisotopic (exact) mass is 314 g/mol. The first-order chi connectivity index (χ1) is 11.0. The molecule has 0 spiro atoms. The lowest BCUT2D eigenvalue weighted by molar-refractivity contribution is -0.137. The largest absolute Gasteiger partial charge is 0.351 e. The van der Waals surface area contributed by atoms with Gasteiger partial charge in [0.15, 0.2) is 0 Å². The van der Waals surface area contributed by atoms with E-state index in [2.05, 4.69) is 17.0 Å². The van der Waals surface area contributed by atoms with Gasteiger partial charge in [-0.05, 0) is 56.5 Å². The zero-order valence-electron chi connectivity index (χ0n) is 13.7. The average Bonchev–Trinajstić information content (AvgIpc) is 3.09. The third kappa shape index (κ3) is 3.16. The molecular formula is C19H23FN2O. The Balaban J connectivity index is 1.69. The molecule has 3 nitrogen and oxygen atoms in total. The van der Waals surface area contributed by atoms with Crippen molar-refractivity contribution in [3.05, 3.63) is 60.2 Å². The molecule has 23 heavy (non-hydrogen) atoms. The van der Waals surface area contributed by atoms with E-state index in [0.717, 1.165) is 31.5 Å². The van der Waals surface area contributed by atoms with Crippen molar-refractivity contribution in [1.29, 1.82) is 0 Å². The Labute approximate surface area is 136 Å².